The summed E-state index contributed by atoms with van der Waals surface area (Å²) in [7, 11) is 0. The van der Waals surface area contributed by atoms with Gasteiger partial charge in [-0.2, -0.15) is 19.0 Å². The van der Waals surface area contributed by atoms with Crippen LogP contribution in [0.5, 0.6) is 5.75 Å². The van der Waals surface area contributed by atoms with Crippen LogP contribution in [0.4, 0.5) is 14.5 Å². The standard InChI is InChI=1S/C17H16BrF2N5O2/c1-2-24-8-11(6-21-24)9-25-10-13(7-22-25)23-16(26)14-5-12(18)3-4-15(14)27-17(19)20/h3-8,10,17H,2,9H2,1H3,(H,23,26). The maximum Gasteiger partial charge on any atom is 0.387 e. The predicted molar refractivity (Wildman–Crippen MR) is 98.0 cm³/mol. The number of hydrogen-bond donors (Lipinski definition) is 1. The van der Waals surface area contributed by atoms with E-state index in [1.54, 1.807) is 21.8 Å². The number of rotatable bonds is 7. The number of amides is 1. The first-order chi connectivity index (χ1) is 12.9. The second-order valence-electron chi connectivity index (χ2n) is 5.60. The van der Waals surface area contributed by atoms with E-state index in [0.717, 1.165) is 12.1 Å². The quantitative estimate of drug-likeness (QED) is 0.607. The van der Waals surface area contributed by atoms with Crippen LogP contribution in [-0.2, 0) is 13.1 Å². The van der Waals surface area contributed by atoms with Crippen LogP contribution in [0.3, 0.4) is 0 Å². The Morgan fingerprint density at radius 1 is 1.26 bits per heavy atom. The molecule has 2 aromatic heterocycles. The summed E-state index contributed by atoms with van der Waals surface area (Å²) in [6.07, 6.45) is 6.79. The van der Waals surface area contributed by atoms with Crippen molar-refractivity contribution < 1.29 is 18.3 Å². The number of benzene rings is 1. The van der Waals surface area contributed by atoms with Gasteiger partial charge in [-0.25, -0.2) is 0 Å². The summed E-state index contributed by atoms with van der Waals surface area (Å²) in [5.74, 6) is -0.782. The van der Waals surface area contributed by atoms with Crippen molar-refractivity contribution in [2.45, 2.75) is 26.6 Å². The van der Waals surface area contributed by atoms with Crippen LogP contribution < -0.4 is 10.1 Å². The van der Waals surface area contributed by atoms with Crippen molar-refractivity contribution in [3.05, 3.63) is 58.6 Å². The number of ether oxygens (including phenoxy) is 1. The van der Waals surface area contributed by atoms with Crippen LogP contribution in [0, 0.1) is 0 Å². The Hall–Kier alpha value is -2.75. The Labute approximate surface area is 162 Å². The number of hydrogen-bond acceptors (Lipinski definition) is 4. The second kappa shape index (κ2) is 8.30. The van der Waals surface area contributed by atoms with Gasteiger partial charge in [0.25, 0.3) is 5.91 Å². The van der Waals surface area contributed by atoms with E-state index >= 15 is 0 Å². The lowest BCUT2D eigenvalue weighted by Crippen LogP contribution is -2.15. The molecule has 7 nitrogen and oxygen atoms in total. The fraction of sp³-hybridized carbons (Fsp3) is 0.235. The Morgan fingerprint density at radius 3 is 2.74 bits per heavy atom. The predicted octanol–water partition coefficient (Wildman–Crippen LogP) is 3.76. The molecule has 27 heavy (non-hydrogen) atoms. The maximum atomic E-state index is 12.5. The number of aryl methyl sites for hydroxylation is 1. The SMILES string of the molecule is CCn1cc(Cn2cc(NC(=O)c3cc(Br)ccc3OC(F)F)cn2)cn1. The van der Waals surface area contributed by atoms with Gasteiger partial charge in [0, 0.05) is 29.0 Å². The van der Waals surface area contributed by atoms with E-state index in [2.05, 4.69) is 36.2 Å². The topological polar surface area (TPSA) is 74.0 Å². The highest BCUT2D eigenvalue weighted by Gasteiger charge is 2.17. The Balaban J connectivity index is 1.71. The van der Waals surface area contributed by atoms with Gasteiger partial charge in [0.2, 0.25) is 0 Å². The number of aromatic nitrogens is 4. The minimum absolute atomic E-state index is 0.0124. The minimum atomic E-state index is -3.02. The summed E-state index contributed by atoms with van der Waals surface area (Å²) >= 11 is 3.22. The van der Waals surface area contributed by atoms with Gasteiger partial charge in [-0.15, -0.1) is 0 Å². The molecular formula is C17H16BrF2N5O2. The molecule has 0 aliphatic heterocycles. The molecular weight excluding hydrogens is 424 g/mol. The smallest absolute Gasteiger partial charge is 0.387 e. The molecule has 0 fully saturated rings. The number of carbonyl (C=O) groups excluding carboxylic acids is 1. The van der Waals surface area contributed by atoms with Crippen molar-refractivity contribution in [2.24, 2.45) is 0 Å². The van der Waals surface area contributed by atoms with Crippen molar-refractivity contribution in [3.8, 4) is 5.75 Å². The van der Waals surface area contributed by atoms with Crippen LogP contribution in [0.1, 0.15) is 22.8 Å². The van der Waals surface area contributed by atoms with Crippen molar-refractivity contribution in [1.82, 2.24) is 19.6 Å². The van der Waals surface area contributed by atoms with Gasteiger partial charge >= 0.3 is 6.61 Å². The van der Waals surface area contributed by atoms with Gasteiger partial charge in [0.15, 0.2) is 0 Å². The molecule has 142 valence electrons. The van der Waals surface area contributed by atoms with Gasteiger partial charge in [0.1, 0.15) is 5.75 Å². The highest BCUT2D eigenvalue weighted by Crippen LogP contribution is 2.25. The van der Waals surface area contributed by atoms with Gasteiger partial charge in [-0.3, -0.25) is 14.2 Å². The third kappa shape index (κ3) is 4.91. The molecule has 10 heteroatoms. The Bertz CT molecular complexity index is 941. The second-order valence-corrected chi connectivity index (χ2v) is 6.52. The van der Waals surface area contributed by atoms with E-state index in [1.165, 1.54) is 24.4 Å². The first kappa shape index (κ1) is 19.0. The molecule has 3 aromatic rings. The van der Waals surface area contributed by atoms with Crippen LogP contribution in [0.15, 0.2) is 47.5 Å². The highest BCUT2D eigenvalue weighted by atomic mass is 79.9. The van der Waals surface area contributed by atoms with Crippen LogP contribution in [0.25, 0.3) is 0 Å². The molecule has 1 amide bonds. The zero-order valence-electron chi connectivity index (χ0n) is 14.3. The van der Waals surface area contributed by atoms with E-state index in [0.29, 0.717) is 16.7 Å². The molecule has 2 heterocycles. The first-order valence-corrected chi connectivity index (χ1v) is 8.83. The van der Waals surface area contributed by atoms with Gasteiger partial charge < -0.3 is 10.1 Å². The van der Waals surface area contributed by atoms with Gasteiger partial charge in [-0.05, 0) is 25.1 Å². The average molecular weight is 440 g/mol. The molecule has 0 radical (unpaired) electrons. The number of alkyl halides is 2. The summed E-state index contributed by atoms with van der Waals surface area (Å²) in [4.78, 5) is 12.5. The van der Waals surface area contributed by atoms with Crippen molar-refractivity contribution in [2.75, 3.05) is 5.32 Å². The number of nitrogens with one attached hydrogen (secondary N) is 1. The lowest BCUT2D eigenvalue weighted by molar-refractivity contribution is -0.0501. The fourth-order valence-electron chi connectivity index (χ4n) is 2.44. The zero-order valence-corrected chi connectivity index (χ0v) is 15.9. The third-order valence-corrected chi connectivity index (χ3v) is 4.14. The molecule has 0 bridgehead atoms. The summed E-state index contributed by atoms with van der Waals surface area (Å²) in [6, 6.07) is 4.24. The molecule has 0 aliphatic carbocycles. The molecule has 1 N–H and O–H groups in total. The Morgan fingerprint density at radius 2 is 2.04 bits per heavy atom. The molecule has 0 saturated carbocycles. The number of halogens is 3. The zero-order chi connectivity index (χ0) is 19.4. The molecule has 0 saturated heterocycles. The molecule has 0 aliphatic rings. The number of anilines is 1. The molecule has 0 unspecified atom stereocenters. The average Bonchev–Trinajstić information content (AvgIpc) is 3.25. The normalized spacial score (nSPS) is 11.0. The van der Waals surface area contributed by atoms with E-state index in [9.17, 15) is 13.6 Å². The van der Waals surface area contributed by atoms with Crippen molar-refractivity contribution in [1.29, 1.82) is 0 Å². The monoisotopic (exact) mass is 439 g/mol. The molecule has 0 atom stereocenters. The molecule has 1 aromatic carbocycles. The number of nitrogens with zero attached hydrogens (tertiary/aromatic N) is 4. The maximum absolute atomic E-state index is 12.5. The van der Waals surface area contributed by atoms with Crippen LogP contribution in [0.2, 0.25) is 0 Å². The minimum Gasteiger partial charge on any atom is -0.434 e. The first-order valence-electron chi connectivity index (χ1n) is 8.04. The Kier molecular flexibility index (Phi) is 5.84. The summed E-state index contributed by atoms with van der Waals surface area (Å²) < 4.78 is 33.5. The molecule has 3 rings (SSSR count). The largest absolute Gasteiger partial charge is 0.434 e. The van der Waals surface area contributed by atoms with Gasteiger partial charge in [0.05, 0.1) is 30.2 Å². The third-order valence-electron chi connectivity index (χ3n) is 3.65. The summed E-state index contributed by atoms with van der Waals surface area (Å²) in [6.45, 7) is 0.235. The van der Waals surface area contributed by atoms with Crippen molar-refractivity contribution in [3.63, 3.8) is 0 Å². The van der Waals surface area contributed by atoms with Crippen molar-refractivity contribution >= 4 is 27.5 Å². The highest BCUT2D eigenvalue weighted by molar-refractivity contribution is 9.10. The fourth-order valence-corrected chi connectivity index (χ4v) is 2.80. The van der Waals surface area contributed by atoms with Crippen LogP contribution >= 0.6 is 15.9 Å². The summed E-state index contributed by atoms with van der Waals surface area (Å²) in [5.41, 5.74) is 1.39. The number of carbonyl (C=O) groups is 1. The van der Waals surface area contributed by atoms with E-state index in [-0.39, 0.29) is 11.3 Å². The van der Waals surface area contributed by atoms with E-state index in [4.69, 9.17) is 0 Å². The summed E-state index contributed by atoms with van der Waals surface area (Å²) in [5, 5.41) is 11.0. The van der Waals surface area contributed by atoms with E-state index < -0.39 is 12.5 Å². The van der Waals surface area contributed by atoms with Crippen LogP contribution in [-0.4, -0.2) is 32.1 Å². The lowest BCUT2D eigenvalue weighted by atomic mass is 10.2. The lowest BCUT2D eigenvalue weighted by Gasteiger charge is -2.10. The molecule has 0 spiro atoms. The van der Waals surface area contributed by atoms with Gasteiger partial charge in [-0.1, -0.05) is 15.9 Å². The van der Waals surface area contributed by atoms with E-state index in [1.807, 2.05) is 13.1 Å².